The molecule has 0 radical (unpaired) electrons. The van der Waals surface area contributed by atoms with Crippen molar-refractivity contribution in [3.63, 3.8) is 0 Å². The molecule has 25 heavy (non-hydrogen) atoms. The minimum absolute atomic E-state index is 0.165. The first kappa shape index (κ1) is 17.5. The van der Waals surface area contributed by atoms with Crippen LogP contribution in [0.25, 0.3) is 6.08 Å². The summed E-state index contributed by atoms with van der Waals surface area (Å²) in [6.45, 7) is 3.70. The van der Waals surface area contributed by atoms with Crippen LogP contribution in [0.4, 0.5) is 17.6 Å². The molecule has 132 valence electrons. The lowest BCUT2D eigenvalue weighted by molar-refractivity contribution is -0.199. The summed E-state index contributed by atoms with van der Waals surface area (Å²) in [5.41, 5.74) is 3.41. The van der Waals surface area contributed by atoms with E-state index in [2.05, 4.69) is 6.58 Å². The quantitative estimate of drug-likeness (QED) is 0.661. The maximum Gasteiger partial charge on any atom is 0.425 e. The standard InChI is InChI=1S/C20H18F4O/c1-2-13-3-5-14(6-4-13)7-8-15-11-16-9-10-18(20(22,23)24)25-19(16)17(21)12-15/h2-6,11-12,18H,1,7-10H2. The van der Waals surface area contributed by atoms with Gasteiger partial charge in [-0.1, -0.05) is 43.0 Å². The van der Waals surface area contributed by atoms with Crippen molar-refractivity contribution in [2.24, 2.45) is 0 Å². The lowest BCUT2D eigenvalue weighted by atomic mass is 9.96. The Kier molecular flexibility index (Phi) is 4.84. The van der Waals surface area contributed by atoms with Gasteiger partial charge < -0.3 is 4.74 Å². The second-order valence-corrected chi connectivity index (χ2v) is 6.20. The van der Waals surface area contributed by atoms with Gasteiger partial charge in [0.15, 0.2) is 17.7 Å². The molecule has 1 aliphatic heterocycles. The third kappa shape index (κ3) is 4.03. The molecule has 1 heterocycles. The second kappa shape index (κ2) is 6.90. The summed E-state index contributed by atoms with van der Waals surface area (Å²) in [7, 11) is 0. The number of aryl methyl sites for hydroxylation is 3. The van der Waals surface area contributed by atoms with Crippen LogP contribution in [-0.4, -0.2) is 12.3 Å². The first-order valence-corrected chi connectivity index (χ1v) is 8.13. The van der Waals surface area contributed by atoms with Crippen LogP contribution in [0.15, 0.2) is 43.0 Å². The SMILES string of the molecule is C=Cc1ccc(CCc2cc(F)c3c(c2)CCC(C(F)(F)F)O3)cc1. The lowest BCUT2D eigenvalue weighted by Gasteiger charge is -2.28. The zero-order valence-corrected chi connectivity index (χ0v) is 13.6. The molecule has 1 unspecified atom stereocenters. The minimum atomic E-state index is -4.47. The number of hydrogen-bond donors (Lipinski definition) is 0. The molecule has 0 N–H and O–H groups in total. The zero-order valence-electron chi connectivity index (χ0n) is 13.6. The number of rotatable bonds is 4. The van der Waals surface area contributed by atoms with Crippen molar-refractivity contribution in [3.8, 4) is 5.75 Å². The van der Waals surface area contributed by atoms with E-state index in [0.717, 1.165) is 23.1 Å². The van der Waals surface area contributed by atoms with Gasteiger partial charge in [0.25, 0.3) is 0 Å². The van der Waals surface area contributed by atoms with Crippen molar-refractivity contribution in [2.45, 2.75) is 38.0 Å². The van der Waals surface area contributed by atoms with Crippen molar-refractivity contribution in [1.29, 1.82) is 0 Å². The largest absolute Gasteiger partial charge is 0.478 e. The van der Waals surface area contributed by atoms with Crippen LogP contribution in [0.5, 0.6) is 5.75 Å². The molecule has 0 aliphatic carbocycles. The van der Waals surface area contributed by atoms with Gasteiger partial charge in [-0.05, 0) is 54.0 Å². The Morgan fingerprint density at radius 2 is 1.76 bits per heavy atom. The minimum Gasteiger partial charge on any atom is -0.478 e. The topological polar surface area (TPSA) is 9.23 Å². The first-order chi connectivity index (χ1) is 11.9. The maximum atomic E-state index is 14.2. The predicted octanol–water partition coefficient (Wildman–Crippen LogP) is 5.51. The number of alkyl halides is 3. The molecular weight excluding hydrogens is 332 g/mol. The van der Waals surface area contributed by atoms with Gasteiger partial charge in [0, 0.05) is 0 Å². The van der Waals surface area contributed by atoms with Crippen LogP contribution in [0.2, 0.25) is 0 Å². The Hall–Kier alpha value is -2.30. The molecule has 0 saturated heterocycles. The van der Waals surface area contributed by atoms with Crippen LogP contribution in [-0.2, 0) is 19.3 Å². The Bertz CT molecular complexity index is 763. The Morgan fingerprint density at radius 1 is 1.08 bits per heavy atom. The molecule has 2 aromatic carbocycles. The fourth-order valence-electron chi connectivity index (χ4n) is 3.00. The Labute approximate surface area is 143 Å². The van der Waals surface area contributed by atoms with Crippen LogP contribution in [0.3, 0.4) is 0 Å². The molecule has 0 bridgehead atoms. The third-order valence-corrected chi connectivity index (χ3v) is 4.40. The van der Waals surface area contributed by atoms with Crippen molar-refractivity contribution >= 4 is 6.08 Å². The van der Waals surface area contributed by atoms with Crippen LogP contribution < -0.4 is 4.74 Å². The van der Waals surface area contributed by atoms with E-state index in [1.807, 2.05) is 24.3 Å². The van der Waals surface area contributed by atoms with Gasteiger partial charge in [0.05, 0.1) is 0 Å². The summed E-state index contributed by atoms with van der Waals surface area (Å²) in [5.74, 6) is -0.976. The van der Waals surface area contributed by atoms with E-state index in [9.17, 15) is 17.6 Å². The smallest absolute Gasteiger partial charge is 0.425 e. The monoisotopic (exact) mass is 350 g/mol. The van der Waals surface area contributed by atoms with Crippen LogP contribution >= 0.6 is 0 Å². The van der Waals surface area contributed by atoms with Gasteiger partial charge in [-0.2, -0.15) is 13.2 Å². The molecule has 1 atom stereocenters. The van der Waals surface area contributed by atoms with Crippen molar-refractivity contribution in [3.05, 3.63) is 71.0 Å². The van der Waals surface area contributed by atoms with Crippen molar-refractivity contribution in [1.82, 2.24) is 0 Å². The Balaban J connectivity index is 1.72. The molecule has 5 heteroatoms. The fraction of sp³-hybridized carbons (Fsp3) is 0.300. The van der Waals surface area contributed by atoms with Crippen LogP contribution in [0.1, 0.15) is 28.7 Å². The van der Waals surface area contributed by atoms with E-state index in [0.29, 0.717) is 12.0 Å². The highest BCUT2D eigenvalue weighted by Crippen LogP contribution is 2.37. The van der Waals surface area contributed by atoms with Gasteiger partial charge >= 0.3 is 6.18 Å². The molecule has 2 aromatic rings. The average Bonchev–Trinajstić information content (AvgIpc) is 2.59. The van der Waals surface area contributed by atoms with E-state index in [-0.39, 0.29) is 18.6 Å². The lowest BCUT2D eigenvalue weighted by Crippen LogP contribution is -2.37. The van der Waals surface area contributed by atoms with Crippen molar-refractivity contribution < 1.29 is 22.3 Å². The molecule has 3 rings (SSSR count). The van der Waals surface area contributed by atoms with Gasteiger partial charge in [-0.25, -0.2) is 4.39 Å². The molecule has 0 aromatic heterocycles. The highest BCUT2D eigenvalue weighted by Gasteiger charge is 2.44. The van der Waals surface area contributed by atoms with E-state index >= 15 is 0 Å². The molecular formula is C20H18F4O. The molecule has 1 nitrogen and oxygen atoms in total. The molecule has 1 aliphatic rings. The summed E-state index contributed by atoms with van der Waals surface area (Å²) in [6.07, 6.45) is -3.32. The average molecular weight is 350 g/mol. The maximum absolute atomic E-state index is 14.2. The number of hydrogen-bond acceptors (Lipinski definition) is 1. The fourth-order valence-corrected chi connectivity index (χ4v) is 3.00. The van der Waals surface area contributed by atoms with Gasteiger partial charge in [-0.3, -0.25) is 0 Å². The normalized spacial score (nSPS) is 16.9. The number of fused-ring (bicyclic) bond motifs is 1. The molecule has 0 saturated carbocycles. The first-order valence-electron chi connectivity index (χ1n) is 8.13. The predicted molar refractivity (Wildman–Crippen MR) is 89.1 cm³/mol. The number of ether oxygens (including phenoxy) is 1. The van der Waals surface area contributed by atoms with E-state index in [1.54, 1.807) is 12.1 Å². The summed E-state index contributed by atoms with van der Waals surface area (Å²) in [4.78, 5) is 0. The van der Waals surface area contributed by atoms with Crippen LogP contribution in [0, 0.1) is 5.82 Å². The summed E-state index contributed by atoms with van der Waals surface area (Å²) in [6, 6.07) is 10.9. The van der Waals surface area contributed by atoms with Gasteiger partial charge in [0.1, 0.15) is 0 Å². The van der Waals surface area contributed by atoms with Crippen molar-refractivity contribution in [2.75, 3.05) is 0 Å². The molecule has 0 spiro atoms. The van der Waals surface area contributed by atoms with E-state index in [4.69, 9.17) is 4.74 Å². The zero-order chi connectivity index (χ0) is 18.0. The van der Waals surface area contributed by atoms with E-state index < -0.39 is 18.1 Å². The molecule has 0 amide bonds. The van der Waals surface area contributed by atoms with Gasteiger partial charge in [-0.15, -0.1) is 0 Å². The number of halogens is 4. The summed E-state index contributed by atoms with van der Waals surface area (Å²) < 4.78 is 57.3. The van der Waals surface area contributed by atoms with E-state index in [1.165, 1.54) is 6.07 Å². The number of benzene rings is 2. The summed E-state index contributed by atoms with van der Waals surface area (Å²) >= 11 is 0. The highest BCUT2D eigenvalue weighted by atomic mass is 19.4. The second-order valence-electron chi connectivity index (χ2n) is 6.20. The third-order valence-electron chi connectivity index (χ3n) is 4.40. The van der Waals surface area contributed by atoms with Gasteiger partial charge in [0.2, 0.25) is 0 Å². The highest BCUT2D eigenvalue weighted by molar-refractivity contribution is 5.47. The Morgan fingerprint density at radius 3 is 2.40 bits per heavy atom. The molecule has 0 fully saturated rings. The summed E-state index contributed by atoms with van der Waals surface area (Å²) in [5, 5.41) is 0.